The Bertz CT molecular complexity index is 1150. The molecule has 2 atom stereocenters. The van der Waals surface area contributed by atoms with Crippen molar-refractivity contribution in [1.82, 2.24) is 9.44 Å². The lowest BCUT2D eigenvalue weighted by Crippen LogP contribution is -2.41. The molecule has 0 aromatic heterocycles. The number of rotatable bonds is 9. The summed E-state index contributed by atoms with van der Waals surface area (Å²) >= 11 is 6.03. The Morgan fingerprint density at radius 1 is 1.00 bits per heavy atom. The lowest BCUT2D eigenvalue weighted by Gasteiger charge is -2.25. The van der Waals surface area contributed by atoms with Crippen LogP contribution in [0.15, 0.2) is 47.4 Å². The number of benzene rings is 2. The molecule has 0 spiro atoms. The van der Waals surface area contributed by atoms with E-state index in [1.807, 2.05) is 31.1 Å². The van der Waals surface area contributed by atoms with E-state index in [1.54, 1.807) is 37.3 Å². The molecule has 7 nitrogen and oxygen atoms in total. The third-order valence-electron chi connectivity index (χ3n) is 5.71. The molecule has 1 aliphatic carbocycles. The molecule has 1 aliphatic rings. The molecular weight excluding hydrogens is 470 g/mol. The van der Waals surface area contributed by atoms with Gasteiger partial charge >= 0.3 is 0 Å². The molecule has 2 aromatic carbocycles. The minimum Gasteiger partial charge on any atom is -0.378 e. The molecule has 0 heterocycles. The second-order valence-electron chi connectivity index (χ2n) is 8.52. The van der Waals surface area contributed by atoms with Gasteiger partial charge in [-0.15, -0.1) is 0 Å². The monoisotopic (exact) mass is 499 g/mol. The Hall–Kier alpha value is -1.65. The maximum absolute atomic E-state index is 12.8. The van der Waals surface area contributed by atoms with Crippen LogP contribution in [-0.4, -0.2) is 49.3 Å². The van der Waals surface area contributed by atoms with Crippen LogP contribution in [0.2, 0.25) is 5.02 Å². The van der Waals surface area contributed by atoms with Crippen molar-refractivity contribution < 1.29 is 16.8 Å². The van der Waals surface area contributed by atoms with Crippen molar-refractivity contribution >= 4 is 37.3 Å². The molecule has 3 rings (SSSR count). The van der Waals surface area contributed by atoms with Crippen LogP contribution in [0.25, 0.3) is 0 Å². The van der Waals surface area contributed by atoms with Crippen molar-refractivity contribution in [3.05, 3.63) is 58.6 Å². The zero-order valence-electron chi connectivity index (χ0n) is 18.5. The predicted octanol–water partition coefficient (Wildman–Crippen LogP) is 2.80. The molecule has 2 aromatic rings. The number of hydrogen-bond donors (Lipinski definition) is 2. The largest absolute Gasteiger partial charge is 0.378 e. The fourth-order valence-corrected chi connectivity index (χ4v) is 6.60. The van der Waals surface area contributed by atoms with Crippen LogP contribution in [0.3, 0.4) is 0 Å². The highest BCUT2D eigenvalue weighted by Crippen LogP contribution is 2.27. The minimum atomic E-state index is -3.67. The van der Waals surface area contributed by atoms with E-state index in [9.17, 15) is 16.8 Å². The van der Waals surface area contributed by atoms with E-state index in [4.69, 9.17) is 11.6 Å². The first-order chi connectivity index (χ1) is 15.0. The van der Waals surface area contributed by atoms with Gasteiger partial charge in [0.1, 0.15) is 0 Å². The summed E-state index contributed by atoms with van der Waals surface area (Å²) in [5.74, 6) is -0.213. The summed E-state index contributed by atoms with van der Waals surface area (Å²) in [5, 5.41) is 0.156. The summed E-state index contributed by atoms with van der Waals surface area (Å²) in [6.45, 7) is 2.10. The topological polar surface area (TPSA) is 95.6 Å². The second kappa shape index (κ2) is 10.1. The van der Waals surface area contributed by atoms with E-state index < -0.39 is 25.3 Å². The standard InChI is InChI=1S/C22H30ClN3O4S2/c1-16(14-24-31(27,28)21-10-7-20(8-11-21)26(2)3)15-25-32(29,30)22-9-5-17-12-19(23)6-4-18(17)13-22/h4,6-8,10-12,16,22,24-25H,5,9,13-15H2,1-3H3/t16-,22?/m0/s1. The van der Waals surface area contributed by atoms with Crippen LogP contribution in [0.4, 0.5) is 5.69 Å². The Morgan fingerprint density at radius 2 is 1.66 bits per heavy atom. The van der Waals surface area contributed by atoms with Crippen LogP contribution in [0, 0.1) is 5.92 Å². The lowest BCUT2D eigenvalue weighted by molar-refractivity contribution is 0.510. The quantitative estimate of drug-likeness (QED) is 0.553. The van der Waals surface area contributed by atoms with E-state index >= 15 is 0 Å². The third-order valence-corrected chi connectivity index (χ3v) is 9.23. The maximum atomic E-state index is 12.8. The van der Waals surface area contributed by atoms with Gasteiger partial charge in [0.2, 0.25) is 20.0 Å². The number of anilines is 1. The van der Waals surface area contributed by atoms with Gasteiger partial charge in [-0.2, -0.15) is 0 Å². The van der Waals surface area contributed by atoms with Crippen LogP contribution in [-0.2, 0) is 32.9 Å². The first-order valence-electron chi connectivity index (χ1n) is 10.5. The SMILES string of the molecule is C[C@@H](CNS(=O)(=O)c1ccc(N(C)C)cc1)CNS(=O)(=O)C1CCc2cc(Cl)ccc2C1. The molecule has 0 radical (unpaired) electrons. The predicted molar refractivity (Wildman–Crippen MR) is 129 cm³/mol. The molecular formula is C22H30ClN3O4S2. The van der Waals surface area contributed by atoms with Crippen molar-refractivity contribution in [1.29, 1.82) is 0 Å². The Morgan fingerprint density at radius 3 is 2.31 bits per heavy atom. The highest BCUT2D eigenvalue weighted by Gasteiger charge is 2.30. The molecule has 0 bridgehead atoms. The number of nitrogens with zero attached hydrogens (tertiary/aromatic N) is 1. The van der Waals surface area contributed by atoms with Crippen molar-refractivity contribution in [3.63, 3.8) is 0 Å². The number of halogens is 1. The molecule has 32 heavy (non-hydrogen) atoms. The van der Waals surface area contributed by atoms with Gasteiger partial charge in [-0.3, -0.25) is 0 Å². The smallest absolute Gasteiger partial charge is 0.240 e. The van der Waals surface area contributed by atoms with E-state index in [0.29, 0.717) is 24.3 Å². The third kappa shape index (κ3) is 6.23. The van der Waals surface area contributed by atoms with Gasteiger partial charge in [0.25, 0.3) is 0 Å². The molecule has 0 aliphatic heterocycles. The first kappa shape index (κ1) is 25.0. The van der Waals surface area contributed by atoms with E-state index in [1.165, 1.54) is 0 Å². The first-order valence-corrected chi connectivity index (χ1v) is 13.9. The van der Waals surface area contributed by atoms with Crippen LogP contribution in [0.1, 0.15) is 24.5 Å². The van der Waals surface area contributed by atoms with Gasteiger partial charge < -0.3 is 4.90 Å². The molecule has 0 saturated carbocycles. The average molecular weight is 500 g/mol. The Labute approximate surface area is 196 Å². The van der Waals surface area contributed by atoms with Crippen LogP contribution >= 0.6 is 11.6 Å². The summed E-state index contributed by atoms with van der Waals surface area (Å²) in [5.41, 5.74) is 3.02. The van der Waals surface area contributed by atoms with E-state index in [2.05, 4.69) is 9.44 Å². The molecule has 0 amide bonds. The van der Waals surface area contributed by atoms with E-state index in [0.717, 1.165) is 16.8 Å². The van der Waals surface area contributed by atoms with Gasteiger partial charge in [-0.25, -0.2) is 26.3 Å². The summed E-state index contributed by atoms with van der Waals surface area (Å²) in [6, 6.07) is 12.2. The number of aryl methyl sites for hydroxylation is 1. The summed E-state index contributed by atoms with van der Waals surface area (Å²) in [4.78, 5) is 2.06. The Balaban J connectivity index is 1.52. The van der Waals surface area contributed by atoms with Crippen molar-refractivity contribution in [2.75, 3.05) is 32.1 Å². The molecule has 0 fully saturated rings. The zero-order valence-corrected chi connectivity index (χ0v) is 20.9. The average Bonchev–Trinajstić information content (AvgIpc) is 2.76. The molecule has 176 valence electrons. The summed E-state index contributed by atoms with van der Waals surface area (Å²) in [6.07, 6.45) is 1.65. The molecule has 2 N–H and O–H groups in total. The fraction of sp³-hybridized carbons (Fsp3) is 0.455. The molecule has 10 heteroatoms. The summed E-state index contributed by atoms with van der Waals surface area (Å²) in [7, 11) is -3.42. The molecule has 1 unspecified atom stereocenters. The van der Waals surface area contributed by atoms with Crippen molar-refractivity contribution in [2.24, 2.45) is 5.92 Å². The van der Waals surface area contributed by atoms with Crippen LogP contribution in [0.5, 0.6) is 0 Å². The minimum absolute atomic E-state index is 0.131. The number of fused-ring (bicyclic) bond motifs is 1. The maximum Gasteiger partial charge on any atom is 0.240 e. The van der Waals surface area contributed by atoms with Crippen molar-refractivity contribution in [2.45, 2.75) is 36.3 Å². The highest BCUT2D eigenvalue weighted by molar-refractivity contribution is 7.90. The number of sulfonamides is 2. The zero-order chi connectivity index (χ0) is 23.5. The van der Waals surface area contributed by atoms with E-state index in [-0.39, 0.29) is 23.9 Å². The van der Waals surface area contributed by atoms with Gasteiger partial charge in [0.05, 0.1) is 10.1 Å². The second-order valence-corrected chi connectivity index (χ2v) is 12.8. The lowest BCUT2D eigenvalue weighted by atomic mass is 9.91. The van der Waals surface area contributed by atoms with Crippen molar-refractivity contribution in [3.8, 4) is 0 Å². The van der Waals surface area contributed by atoms with Gasteiger partial charge in [-0.1, -0.05) is 24.6 Å². The fourth-order valence-electron chi connectivity index (χ4n) is 3.66. The highest BCUT2D eigenvalue weighted by atomic mass is 35.5. The normalized spacial score (nSPS) is 17.6. The van der Waals surface area contributed by atoms with Gasteiger partial charge in [0.15, 0.2) is 0 Å². The van der Waals surface area contributed by atoms with Crippen LogP contribution < -0.4 is 14.3 Å². The molecule has 0 saturated heterocycles. The number of nitrogens with one attached hydrogen (secondary N) is 2. The van der Waals surface area contributed by atoms with Gasteiger partial charge in [-0.05, 0) is 72.7 Å². The number of hydrogen-bond acceptors (Lipinski definition) is 5. The van der Waals surface area contributed by atoms with Gasteiger partial charge in [0, 0.05) is 37.9 Å². The Kier molecular flexibility index (Phi) is 7.88. The summed E-state index contributed by atoms with van der Waals surface area (Å²) < 4.78 is 55.9.